The lowest BCUT2D eigenvalue weighted by atomic mass is 10.1. The Labute approximate surface area is 82.8 Å². The Bertz CT molecular complexity index is 368. The minimum atomic E-state index is -1.00. The van der Waals surface area contributed by atoms with Crippen LogP contribution in [0, 0.1) is 14.9 Å². The quantitative estimate of drug-likeness (QED) is 0.794. The van der Waals surface area contributed by atoms with Crippen molar-refractivity contribution >= 4 is 28.6 Å². The average molecular weight is 273 g/mol. The first-order valence-electron chi connectivity index (χ1n) is 3.08. The molecule has 0 fully saturated rings. The highest BCUT2D eigenvalue weighted by atomic mass is 127. The highest BCUT2D eigenvalue weighted by Crippen LogP contribution is 2.16. The predicted molar refractivity (Wildman–Crippen MR) is 50.8 cm³/mol. The van der Waals surface area contributed by atoms with Crippen LogP contribution in [0.15, 0.2) is 18.2 Å². The van der Waals surface area contributed by atoms with E-state index in [4.69, 9.17) is 10.4 Å². The molecule has 1 aromatic rings. The molecule has 4 heteroatoms. The average Bonchev–Trinajstić information content (AvgIpc) is 2.04. The third-order valence-corrected chi connectivity index (χ3v) is 2.51. The van der Waals surface area contributed by atoms with Gasteiger partial charge in [0, 0.05) is 3.57 Å². The Morgan fingerprint density at radius 1 is 1.58 bits per heavy atom. The van der Waals surface area contributed by atoms with Gasteiger partial charge in [-0.2, -0.15) is 5.26 Å². The number of aromatic carboxylic acids is 1. The van der Waals surface area contributed by atoms with Crippen molar-refractivity contribution in [2.75, 3.05) is 0 Å². The number of carboxylic acid groups (broad SMARTS) is 1. The molecule has 0 aliphatic carbocycles. The number of hydrogen-bond donors (Lipinski definition) is 1. The lowest BCUT2D eigenvalue weighted by Crippen LogP contribution is -2.00. The summed E-state index contributed by atoms with van der Waals surface area (Å²) < 4.78 is 0.491. The number of nitriles is 1. The van der Waals surface area contributed by atoms with Crippen LogP contribution >= 0.6 is 22.6 Å². The van der Waals surface area contributed by atoms with Gasteiger partial charge in [0.15, 0.2) is 0 Å². The molecule has 12 heavy (non-hydrogen) atoms. The molecule has 0 atom stereocenters. The van der Waals surface area contributed by atoms with E-state index in [1.165, 1.54) is 6.07 Å². The minimum Gasteiger partial charge on any atom is -0.478 e. The van der Waals surface area contributed by atoms with Gasteiger partial charge in [0.05, 0.1) is 11.1 Å². The summed E-state index contributed by atoms with van der Waals surface area (Å²) in [6, 6.07) is 6.55. The van der Waals surface area contributed by atoms with Crippen molar-refractivity contribution in [3.8, 4) is 6.07 Å². The normalized spacial score (nSPS) is 9.00. The van der Waals surface area contributed by atoms with Crippen molar-refractivity contribution in [2.24, 2.45) is 0 Å². The van der Waals surface area contributed by atoms with Gasteiger partial charge < -0.3 is 5.11 Å². The van der Waals surface area contributed by atoms with E-state index in [2.05, 4.69) is 0 Å². The lowest BCUT2D eigenvalue weighted by molar-refractivity contribution is 0.0695. The maximum absolute atomic E-state index is 10.6. The van der Waals surface area contributed by atoms with Crippen LogP contribution in [0.2, 0.25) is 0 Å². The Morgan fingerprint density at radius 3 is 2.75 bits per heavy atom. The molecule has 0 saturated heterocycles. The summed E-state index contributed by atoms with van der Waals surface area (Å²) in [5, 5.41) is 17.2. The van der Waals surface area contributed by atoms with Crippen LogP contribution in [0.4, 0.5) is 0 Å². The van der Waals surface area contributed by atoms with E-state index in [0.29, 0.717) is 9.13 Å². The van der Waals surface area contributed by atoms with Gasteiger partial charge in [0.25, 0.3) is 0 Å². The first kappa shape index (κ1) is 9.00. The van der Waals surface area contributed by atoms with Crippen molar-refractivity contribution in [2.45, 2.75) is 0 Å². The highest BCUT2D eigenvalue weighted by molar-refractivity contribution is 14.1. The Morgan fingerprint density at radius 2 is 2.25 bits per heavy atom. The zero-order chi connectivity index (χ0) is 9.14. The van der Waals surface area contributed by atoms with E-state index in [1.807, 2.05) is 28.7 Å². The number of carbonyl (C=O) groups is 1. The number of nitrogens with zero attached hydrogens (tertiary/aromatic N) is 1. The summed E-state index contributed by atoms with van der Waals surface area (Å²) in [6.45, 7) is 0. The smallest absolute Gasteiger partial charge is 0.336 e. The Kier molecular flexibility index (Phi) is 2.65. The predicted octanol–water partition coefficient (Wildman–Crippen LogP) is 1.86. The minimum absolute atomic E-state index is 0.176. The Balaban J connectivity index is 3.35. The largest absolute Gasteiger partial charge is 0.478 e. The van der Waals surface area contributed by atoms with Crippen LogP contribution < -0.4 is 0 Å². The fraction of sp³-hybridized carbons (Fsp3) is 0. The summed E-state index contributed by atoms with van der Waals surface area (Å²) in [5.74, 6) is -1.00. The summed E-state index contributed by atoms with van der Waals surface area (Å²) in [4.78, 5) is 10.6. The fourth-order valence-corrected chi connectivity index (χ4v) is 1.49. The van der Waals surface area contributed by atoms with E-state index in [1.54, 1.807) is 12.1 Å². The molecular formula is C8H4INO2. The van der Waals surface area contributed by atoms with Gasteiger partial charge in [-0.3, -0.25) is 0 Å². The van der Waals surface area contributed by atoms with Crippen molar-refractivity contribution in [1.29, 1.82) is 5.26 Å². The summed E-state index contributed by atoms with van der Waals surface area (Å²) in [6.07, 6.45) is 0. The first-order chi connectivity index (χ1) is 5.66. The number of benzene rings is 1. The van der Waals surface area contributed by atoms with Crippen LogP contribution in [0.3, 0.4) is 0 Å². The van der Waals surface area contributed by atoms with Gasteiger partial charge in [-0.25, -0.2) is 4.79 Å². The molecule has 0 bridgehead atoms. The molecular weight excluding hydrogens is 269 g/mol. The van der Waals surface area contributed by atoms with E-state index < -0.39 is 5.97 Å². The van der Waals surface area contributed by atoms with Gasteiger partial charge in [-0.05, 0) is 34.7 Å². The summed E-state index contributed by atoms with van der Waals surface area (Å²) in [5.41, 5.74) is 0.574. The maximum atomic E-state index is 10.6. The second kappa shape index (κ2) is 3.54. The van der Waals surface area contributed by atoms with Crippen LogP contribution in [-0.2, 0) is 0 Å². The second-order valence-corrected chi connectivity index (χ2v) is 3.16. The molecule has 0 aliphatic heterocycles. The number of carboxylic acids is 1. The number of rotatable bonds is 1. The van der Waals surface area contributed by atoms with Crippen LogP contribution in [0.5, 0.6) is 0 Å². The molecule has 0 amide bonds. The lowest BCUT2D eigenvalue weighted by Gasteiger charge is -1.98. The van der Waals surface area contributed by atoms with E-state index in [-0.39, 0.29) is 5.56 Å². The van der Waals surface area contributed by atoms with Gasteiger partial charge in [0.1, 0.15) is 6.07 Å². The van der Waals surface area contributed by atoms with Crippen LogP contribution in [-0.4, -0.2) is 11.1 Å². The van der Waals surface area contributed by atoms with E-state index in [9.17, 15) is 4.79 Å². The third-order valence-electron chi connectivity index (χ3n) is 1.35. The maximum Gasteiger partial charge on any atom is 0.336 e. The Hall–Kier alpha value is -1.09. The van der Waals surface area contributed by atoms with Gasteiger partial charge in [0.2, 0.25) is 0 Å². The third kappa shape index (κ3) is 1.56. The molecule has 1 N–H and O–H groups in total. The van der Waals surface area contributed by atoms with Gasteiger partial charge in [-0.15, -0.1) is 0 Å². The van der Waals surface area contributed by atoms with Crippen molar-refractivity contribution in [3.05, 3.63) is 32.9 Å². The molecule has 60 valence electrons. The number of hydrogen-bond acceptors (Lipinski definition) is 2. The molecule has 0 heterocycles. The van der Waals surface area contributed by atoms with E-state index in [0.717, 1.165) is 0 Å². The SMILES string of the molecule is N#Cc1cccc(C(=O)O)c1I. The summed E-state index contributed by atoms with van der Waals surface area (Å²) in [7, 11) is 0. The van der Waals surface area contributed by atoms with E-state index >= 15 is 0 Å². The van der Waals surface area contributed by atoms with Gasteiger partial charge in [-0.1, -0.05) is 6.07 Å². The van der Waals surface area contributed by atoms with Crippen LogP contribution in [0.1, 0.15) is 15.9 Å². The second-order valence-electron chi connectivity index (χ2n) is 2.08. The molecule has 0 spiro atoms. The molecule has 1 rings (SSSR count). The standard InChI is InChI=1S/C8H4INO2/c9-7-5(4-10)2-1-3-6(7)8(11)12/h1-3H,(H,11,12). The zero-order valence-corrected chi connectivity index (χ0v) is 8.07. The van der Waals surface area contributed by atoms with Crippen molar-refractivity contribution in [1.82, 2.24) is 0 Å². The summed E-state index contributed by atoms with van der Waals surface area (Å²) >= 11 is 1.85. The van der Waals surface area contributed by atoms with Crippen molar-refractivity contribution in [3.63, 3.8) is 0 Å². The molecule has 1 aromatic carbocycles. The van der Waals surface area contributed by atoms with Gasteiger partial charge >= 0.3 is 5.97 Å². The molecule has 0 aromatic heterocycles. The molecule has 0 unspecified atom stereocenters. The number of halogens is 1. The monoisotopic (exact) mass is 273 g/mol. The molecule has 0 radical (unpaired) electrons. The van der Waals surface area contributed by atoms with Crippen molar-refractivity contribution < 1.29 is 9.90 Å². The topological polar surface area (TPSA) is 61.1 Å². The highest BCUT2D eigenvalue weighted by Gasteiger charge is 2.10. The first-order valence-corrected chi connectivity index (χ1v) is 4.16. The molecule has 3 nitrogen and oxygen atoms in total. The molecule has 0 saturated carbocycles. The molecule has 0 aliphatic rings. The van der Waals surface area contributed by atoms with Crippen LogP contribution in [0.25, 0.3) is 0 Å². The zero-order valence-electron chi connectivity index (χ0n) is 5.91. The fourth-order valence-electron chi connectivity index (χ4n) is 0.783.